The number of carbonyl (C=O) groups excluding carboxylic acids is 2. The fourth-order valence-electron chi connectivity index (χ4n) is 1.98. The smallest absolute Gasteiger partial charge is 0.241 e. The largest absolute Gasteiger partial charge is 0.295 e. The second-order valence-electron chi connectivity index (χ2n) is 3.47. The zero-order chi connectivity index (χ0) is 10.2. The molecule has 2 aliphatic rings. The molecule has 2 amide bonds. The fraction of sp³-hybridized carbons (Fsp3) is 0.273. The van der Waals surface area contributed by atoms with Crippen molar-refractivity contribution in [3.05, 3.63) is 36.5 Å². The highest BCUT2D eigenvalue weighted by Crippen LogP contribution is 2.39. The number of carbonyl (C=O) groups is 2. The predicted octanol–water partition coefficient (Wildman–Crippen LogP) is 0.947. The van der Waals surface area contributed by atoms with Crippen LogP contribution in [0.5, 0.6) is 0 Å². The Hall–Kier alpha value is -1.64. The predicted molar refractivity (Wildman–Crippen MR) is 52.2 cm³/mol. The third-order valence-electron chi connectivity index (χ3n) is 2.66. The van der Waals surface area contributed by atoms with Crippen molar-refractivity contribution in [3.63, 3.8) is 0 Å². The van der Waals surface area contributed by atoms with E-state index in [-0.39, 0.29) is 17.7 Å². The Morgan fingerprint density at radius 2 is 2.21 bits per heavy atom. The number of rotatable bonds is 1. The minimum atomic E-state index is -0.777. The highest BCUT2D eigenvalue weighted by molar-refractivity contribution is 6.10. The molecule has 1 saturated heterocycles. The van der Waals surface area contributed by atoms with Crippen LogP contribution in [0.2, 0.25) is 0 Å². The van der Waals surface area contributed by atoms with E-state index >= 15 is 0 Å². The number of hydrogen-bond acceptors (Lipinski definition) is 2. The summed E-state index contributed by atoms with van der Waals surface area (Å²) in [6.07, 6.45) is 10.7. The highest BCUT2D eigenvalue weighted by Gasteiger charge is 2.51. The number of nitrogens with one attached hydrogen (secondary N) is 1. The van der Waals surface area contributed by atoms with Crippen molar-refractivity contribution in [2.45, 2.75) is 6.92 Å². The van der Waals surface area contributed by atoms with Crippen molar-refractivity contribution in [2.75, 3.05) is 0 Å². The summed E-state index contributed by atoms with van der Waals surface area (Å²) in [5.74, 6) is -0.823. The van der Waals surface area contributed by atoms with Crippen LogP contribution in [0.3, 0.4) is 0 Å². The molecule has 0 bridgehead atoms. The molecule has 1 fully saturated rings. The quantitative estimate of drug-likeness (QED) is 0.493. The van der Waals surface area contributed by atoms with E-state index in [4.69, 9.17) is 0 Å². The van der Waals surface area contributed by atoms with E-state index in [1.165, 1.54) is 0 Å². The maximum Gasteiger partial charge on any atom is 0.241 e. The molecule has 1 aliphatic heterocycles. The molecule has 0 radical (unpaired) electrons. The lowest BCUT2D eigenvalue weighted by Crippen LogP contribution is -2.31. The average molecular weight is 189 g/mol. The molecule has 2 atom stereocenters. The SMILES string of the molecule is CC=CC12C=CC=CC1C(=O)NC2=O. The second-order valence-corrected chi connectivity index (χ2v) is 3.47. The maximum atomic E-state index is 11.7. The lowest BCUT2D eigenvalue weighted by molar-refractivity contribution is -0.126. The summed E-state index contributed by atoms with van der Waals surface area (Å²) in [5.41, 5.74) is -0.777. The van der Waals surface area contributed by atoms with Gasteiger partial charge in [-0.15, -0.1) is 0 Å². The molecule has 0 spiro atoms. The van der Waals surface area contributed by atoms with Crippen LogP contribution in [0.1, 0.15) is 6.92 Å². The van der Waals surface area contributed by atoms with Crippen LogP contribution >= 0.6 is 0 Å². The van der Waals surface area contributed by atoms with Crippen LogP contribution in [0.15, 0.2) is 36.5 Å². The van der Waals surface area contributed by atoms with Crippen LogP contribution in [-0.4, -0.2) is 11.8 Å². The molecule has 72 valence electrons. The van der Waals surface area contributed by atoms with E-state index < -0.39 is 5.41 Å². The summed E-state index contributed by atoms with van der Waals surface area (Å²) < 4.78 is 0. The van der Waals surface area contributed by atoms with Gasteiger partial charge in [-0.3, -0.25) is 14.9 Å². The summed E-state index contributed by atoms with van der Waals surface area (Å²) in [7, 11) is 0. The maximum absolute atomic E-state index is 11.7. The molecule has 1 aliphatic carbocycles. The number of amides is 2. The van der Waals surface area contributed by atoms with Gasteiger partial charge in [0.15, 0.2) is 0 Å². The second kappa shape index (κ2) is 2.94. The molecule has 2 unspecified atom stereocenters. The Labute approximate surface area is 82.2 Å². The van der Waals surface area contributed by atoms with Gasteiger partial charge in [0.1, 0.15) is 5.41 Å². The summed E-state index contributed by atoms with van der Waals surface area (Å²) in [4.78, 5) is 23.1. The van der Waals surface area contributed by atoms with E-state index in [1.54, 1.807) is 36.5 Å². The molecule has 3 heteroatoms. The van der Waals surface area contributed by atoms with Gasteiger partial charge in [0, 0.05) is 0 Å². The van der Waals surface area contributed by atoms with Crippen LogP contribution in [-0.2, 0) is 9.59 Å². The van der Waals surface area contributed by atoms with Gasteiger partial charge in [0.05, 0.1) is 5.92 Å². The van der Waals surface area contributed by atoms with Crippen molar-refractivity contribution < 1.29 is 9.59 Å². The molecular weight excluding hydrogens is 178 g/mol. The number of allylic oxidation sites excluding steroid dienone is 3. The van der Waals surface area contributed by atoms with Gasteiger partial charge in [-0.2, -0.15) is 0 Å². The third kappa shape index (κ3) is 0.985. The van der Waals surface area contributed by atoms with Crippen LogP contribution in [0.4, 0.5) is 0 Å². The first-order chi connectivity index (χ1) is 6.70. The Morgan fingerprint density at radius 1 is 1.43 bits per heavy atom. The van der Waals surface area contributed by atoms with E-state index in [2.05, 4.69) is 5.32 Å². The lowest BCUT2D eigenvalue weighted by atomic mass is 9.74. The van der Waals surface area contributed by atoms with Gasteiger partial charge in [-0.1, -0.05) is 36.5 Å². The summed E-state index contributed by atoms with van der Waals surface area (Å²) in [6.45, 7) is 1.84. The summed E-state index contributed by atoms with van der Waals surface area (Å²) in [5, 5.41) is 2.35. The van der Waals surface area contributed by atoms with Crippen molar-refractivity contribution >= 4 is 11.8 Å². The first kappa shape index (κ1) is 8.94. The lowest BCUT2D eigenvalue weighted by Gasteiger charge is -2.24. The Balaban J connectivity index is 2.53. The Bertz CT molecular complexity index is 379. The molecule has 3 nitrogen and oxygen atoms in total. The van der Waals surface area contributed by atoms with Crippen LogP contribution in [0, 0.1) is 11.3 Å². The number of fused-ring (bicyclic) bond motifs is 1. The van der Waals surface area contributed by atoms with E-state index in [0.29, 0.717) is 0 Å². The van der Waals surface area contributed by atoms with Crippen molar-refractivity contribution in [1.82, 2.24) is 5.32 Å². The third-order valence-corrected chi connectivity index (χ3v) is 2.66. The average Bonchev–Trinajstić information content (AvgIpc) is 2.41. The normalized spacial score (nSPS) is 35.1. The summed E-state index contributed by atoms with van der Waals surface area (Å²) >= 11 is 0. The van der Waals surface area contributed by atoms with E-state index in [1.807, 2.05) is 6.92 Å². The van der Waals surface area contributed by atoms with Gasteiger partial charge >= 0.3 is 0 Å². The highest BCUT2D eigenvalue weighted by atomic mass is 16.2. The first-order valence-corrected chi connectivity index (χ1v) is 4.56. The molecule has 0 saturated carbocycles. The van der Waals surface area contributed by atoms with Crippen LogP contribution < -0.4 is 5.32 Å². The fourth-order valence-corrected chi connectivity index (χ4v) is 1.98. The van der Waals surface area contributed by atoms with Gasteiger partial charge < -0.3 is 0 Å². The molecule has 1 N–H and O–H groups in total. The minimum absolute atomic E-state index is 0.214. The zero-order valence-corrected chi connectivity index (χ0v) is 7.86. The molecule has 0 aromatic heterocycles. The van der Waals surface area contributed by atoms with E-state index in [9.17, 15) is 9.59 Å². The molecule has 1 heterocycles. The minimum Gasteiger partial charge on any atom is -0.295 e. The standard InChI is InChI=1S/C11H11NO2/c1-2-6-11-7-4-3-5-8(11)9(13)12-10(11)14/h2-8H,1H3,(H,12,13,14). The van der Waals surface area contributed by atoms with E-state index in [0.717, 1.165) is 0 Å². The first-order valence-electron chi connectivity index (χ1n) is 4.56. The van der Waals surface area contributed by atoms with Gasteiger partial charge in [-0.05, 0) is 6.92 Å². The molecule has 2 rings (SSSR count). The Kier molecular flexibility index (Phi) is 1.88. The van der Waals surface area contributed by atoms with Crippen molar-refractivity contribution in [2.24, 2.45) is 11.3 Å². The molecule has 0 aromatic carbocycles. The van der Waals surface area contributed by atoms with Gasteiger partial charge in [0.2, 0.25) is 11.8 Å². The van der Waals surface area contributed by atoms with Crippen molar-refractivity contribution in [3.8, 4) is 0 Å². The molecule has 0 aromatic rings. The monoisotopic (exact) mass is 189 g/mol. The molecular formula is C11H11NO2. The van der Waals surface area contributed by atoms with Gasteiger partial charge in [-0.25, -0.2) is 0 Å². The summed E-state index contributed by atoms with van der Waals surface area (Å²) in [6, 6.07) is 0. The number of hydrogen-bond donors (Lipinski definition) is 1. The number of imide groups is 1. The van der Waals surface area contributed by atoms with Crippen LogP contribution in [0.25, 0.3) is 0 Å². The zero-order valence-electron chi connectivity index (χ0n) is 7.86. The van der Waals surface area contributed by atoms with Gasteiger partial charge in [0.25, 0.3) is 0 Å². The topological polar surface area (TPSA) is 46.2 Å². The Morgan fingerprint density at radius 3 is 2.93 bits per heavy atom. The van der Waals surface area contributed by atoms with Crippen molar-refractivity contribution in [1.29, 1.82) is 0 Å². The molecule has 14 heavy (non-hydrogen) atoms.